The molecule has 3 rings (SSSR count). The number of aliphatic imine (C=N–C) groups is 1. The largest absolute Gasteiger partial charge is 0.490 e. The van der Waals surface area contributed by atoms with E-state index in [0.717, 1.165) is 18.4 Å². The van der Waals surface area contributed by atoms with Gasteiger partial charge in [0, 0.05) is 13.6 Å². The topological polar surface area (TPSA) is 79.8 Å². The van der Waals surface area contributed by atoms with Crippen molar-refractivity contribution in [3.05, 3.63) is 59.9 Å². The van der Waals surface area contributed by atoms with Crippen molar-refractivity contribution in [2.45, 2.75) is 37.1 Å². The summed E-state index contributed by atoms with van der Waals surface area (Å²) in [5, 5.41) is 6.32. The molecule has 2 aromatic rings. The quantitative estimate of drug-likeness (QED) is 0.191. The minimum Gasteiger partial charge on any atom is -0.490 e. The van der Waals surface area contributed by atoms with Gasteiger partial charge in [-0.15, -0.1) is 24.0 Å². The van der Waals surface area contributed by atoms with Gasteiger partial charge in [0.05, 0.1) is 23.3 Å². The van der Waals surface area contributed by atoms with Crippen molar-refractivity contribution in [3.63, 3.8) is 0 Å². The van der Waals surface area contributed by atoms with Crippen LogP contribution in [-0.2, 0) is 9.84 Å². The van der Waals surface area contributed by atoms with E-state index in [1.165, 1.54) is 6.07 Å². The predicted molar refractivity (Wildman–Crippen MR) is 136 cm³/mol. The summed E-state index contributed by atoms with van der Waals surface area (Å²) < 4.78 is 44.6. The normalized spacial score (nSPS) is 14.9. The molecule has 9 heteroatoms. The number of hydrogen-bond acceptors (Lipinski definition) is 4. The Morgan fingerprint density at radius 1 is 1.22 bits per heavy atom. The summed E-state index contributed by atoms with van der Waals surface area (Å²) in [6.07, 6.45) is 2.75. The summed E-state index contributed by atoms with van der Waals surface area (Å²) in [6, 6.07) is 13.2. The average Bonchev–Trinajstić information content (AvgIpc) is 3.60. The average molecular weight is 575 g/mol. The summed E-state index contributed by atoms with van der Waals surface area (Å²) >= 11 is 0. The molecular formula is C23H31FIN3O3S. The van der Waals surface area contributed by atoms with Crippen LogP contribution in [0.3, 0.4) is 0 Å². The van der Waals surface area contributed by atoms with E-state index in [4.69, 9.17) is 4.74 Å². The van der Waals surface area contributed by atoms with E-state index < -0.39 is 9.84 Å². The van der Waals surface area contributed by atoms with Gasteiger partial charge in [-0.05, 0) is 61.9 Å². The number of hydrogen-bond donors (Lipinski definition) is 2. The molecule has 0 saturated heterocycles. The van der Waals surface area contributed by atoms with Gasteiger partial charge in [-0.2, -0.15) is 0 Å². The van der Waals surface area contributed by atoms with Crippen molar-refractivity contribution in [1.82, 2.24) is 10.6 Å². The van der Waals surface area contributed by atoms with E-state index in [9.17, 15) is 12.8 Å². The van der Waals surface area contributed by atoms with E-state index in [1.54, 1.807) is 43.4 Å². The first-order chi connectivity index (χ1) is 14.9. The zero-order valence-corrected chi connectivity index (χ0v) is 21.5. The summed E-state index contributed by atoms with van der Waals surface area (Å²) in [5.74, 6) is 1.05. The van der Waals surface area contributed by atoms with Crippen LogP contribution in [0.15, 0.2) is 58.4 Å². The third-order valence-corrected chi connectivity index (χ3v) is 7.01. The lowest BCUT2D eigenvalue weighted by molar-refractivity contribution is 0.285. The van der Waals surface area contributed by atoms with Crippen LogP contribution in [0.1, 0.15) is 37.8 Å². The Morgan fingerprint density at radius 3 is 2.56 bits per heavy atom. The van der Waals surface area contributed by atoms with Crippen LogP contribution < -0.4 is 15.4 Å². The van der Waals surface area contributed by atoms with Gasteiger partial charge in [0.25, 0.3) is 0 Å². The molecule has 0 amide bonds. The SMILES string of the molecule is CN=C(NCCCS(=O)(=O)c1ccccc1)NC(C)c1ccc(OCC2CC2)c(F)c1.I. The second-order valence-electron chi connectivity index (χ2n) is 7.79. The minimum atomic E-state index is -3.30. The fraction of sp³-hybridized carbons (Fsp3) is 0.435. The van der Waals surface area contributed by atoms with Crippen LogP contribution >= 0.6 is 24.0 Å². The van der Waals surface area contributed by atoms with Crippen LogP contribution in [-0.4, -0.2) is 40.3 Å². The van der Waals surface area contributed by atoms with Gasteiger partial charge in [-0.3, -0.25) is 4.99 Å². The summed E-state index contributed by atoms with van der Waals surface area (Å²) in [4.78, 5) is 4.50. The zero-order valence-electron chi connectivity index (χ0n) is 18.4. The van der Waals surface area contributed by atoms with E-state index in [2.05, 4.69) is 15.6 Å². The maximum atomic E-state index is 14.3. The fourth-order valence-electron chi connectivity index (χ4n) is 3.09. The molecule has 2 aromatic carbocycles. The summed E-state index contributed by atoms with van der Waals surface area (Å²) in [5.41, 5.74) is 0.769. The highest BCUT2D eigenvalue weighted by Crippen LogP contribution is 2.30. The first-order valence-electron chi connectivity index (χ1n) is 10.6. The van der Waals surface area contributed by atoms with Gasteiger partial charge in [0.1, 0.15) is 0 Å². The fourth-order valence-corrected chi connectivity index (χ4v) is 4.43. The lowest BCUT2D eigenvalue weighted by Gasteiger charge is -2.19. The van der Waals surface area contributed by atoms with E-state index in [0.29, 0.717) is 36.3 Å². The Morgan fingerprint density at radius 2 is 1.94 bits per heavy atom. The van der Waals surface area contributed by atoms with Crippen LogP contribution in [0.2, 0.25) is 0 Å². The first kappa shape index (κ1) is 26.4. The lowest BCUT2D eigenvalue weighted by atomic mass is 10.1. The molecular weight excluding hydrogens is 544 g/mol. The van der Waals surface area contributed by atoms with Crippen molar-refractivity contribution in [2.75, 3.05) is 26.0 Å². The van der Waals surface area contributed by atoms with Gasteiger partial charge in [-0.1, -0.05) is 24.3 Å². The van der Waals surface area contributed by atoms with E-state index >= 15 is 0 Å². The predicted octanol–water partition coefficient (Wildman–Crippen LogP) is 4.32. The van der Waals surface area contributed by atoms with Crippen molar-refractivity contribution in [2.24, 2.45) is 10.9 Å². The molecule has 0 aliphatic heterocycles. The van der Waals surface area contributed by atoms with Crippen molar-refractivity contribution in [1.29, 1.82) is 0 Å². The molecule has 6 nitrogen and oxygen atoms in total. The van der Waals surface area contributed by atoms with Crippen molar-refractivity contribution < 1.29 is 17.5 Å². The Hall–Kier alpha value is -1.88. The summed E-state index contributed by atoms with van der Waals surface area (Å²) in [6.45, 7) is 2.92. The maximum absolute atomic E-state index is 14.3. The van der Waals surface area contributed by atoms with Gasteiger partial charge < -0.3 is 15.4 Å². The number of rotatable bonds is 10. The molecule has 0 spiro atoms. The minimum absolute atomic E-state index is 0. The van der Waals surface area contributed by atoms with Crippen molar-refractivity contribution in [3.8, 4) is 5.75 Å². The number of benzene rings is 2. The second kappa shape index (κ2) is 12.4. The highest BCUT2D eigenvalue weighted by molar-refractivity contribution is 14.0. The lowest BCUT2D eigenvalue weighted by Crippen LogP contribution is -2.39. The third kappa shape index (κ3) is 7.91. The number of halogens is 2. The first-order valence-corrected chi connectivity index (χ1v) is 12.2. The number of sulfone groups is 1. The number of guanidine groups is 1. The molecule has 1 unspecified atom stereocenters. The zero-order chi connectivity index (χ0) is 22.3. The second-order valence-corrected chi connectivity index (χ2v) is 9.90. The highest BCUT2D eigenvalue weighted by atomic mass is 127. The molecule has 0 heterocycles. The van der Waals surface area contributed by atoms with Crippen LogP contribution in [0.4, 0.5) is 4.39 Å². The standard InChI is InChI=1S/C23H30FN3O3S.HI/c1-17(19-11-12-22(21(24)15-19)30-16-18-9-10-18)27-23(25-2)26-13-6-14-31(28,29)20-7-4-3-5-8-20;/h3-5,7-8,11-12,15,17-18H,6,9-10,13-14,16H2,1-2H3,(H2,25,26,27);1H. The van der Waals surface area contributed by atoms with Crippen LogP contribution in [0, 0.1) is 11.7 Å². The molecule has 176 valence electrons. The smallest absolute Gasteiger partial charge is 0.191 e. The molecule has 1 fully saturated rings. The Bertz CT molecular complexity index is 999. The molecule has 1 aliphatic carbocycles. The molecule has 2 N–H and O–H groups in total. The molecule has 1 atom stereocenters. The Balaban J connectivity index is 0.00000363. The Labute approximate surface area is 207 Å². The monoisotopic (exact) mass is 575 g/mol. The van der Waals surface area contributed by atoms with E-state index in [1.807, 2.05) is 13.0 Å². The number of ether oxygens (including phenoxy) is 1. The Kier molecular flexibility index (Phi) is 10.2. The maximum Gasteiger partial charge on any atom is 0.191 e. The van der Waals surface area contributed by atoms with Gasteiger partial charge in [0.15, 0.2) is 27.4 Å². The van der Waals surface area contributed by atoms with Gasteiger partial charge in [0.2, 0.25) is 0 Å². The molecule has 1 saturated carbocycles. The van der Waals surface area contributed by atoms with E-state index in [-0.39, 0.29) is 47.3 Å². The van der Waals surface area contributed by atoms with Gasteiger partial charge >= 0.3 is 0 Å². The number of nitrogens with zero attached hydrogens (tertiary/aromatic N) is 1. The van der Waals surface area contributed by atoms with Crippen LogP contribution in [0.25, 0.3) is 0 Å². The third-order valence-electron chi connectivity index (χ3n) is 5.19. The van der Waals surface area contributed by atoms with Crippen molar-refractivity contribution >= 4 is 39.8 Å². The molecule has 0 radical (unpaired) electrons. The molecule has 32 heavy (non-hydrogen) atoms. The van der Waals surface area contributed by atoms with Crippen LogP contribution in [0.5, 0.6) is 5.75 Å². The molecule has 0 bridgehead atoms. The van der Waals surface area contributed by atoms with Gasteiger partial charge in [-0.25, -0.2) is 12.8 Å². The summed E-state index contributed by atoms with van der Waals surface area (Å²) in [7, 11) is -1.66. The molecule has 0 aromatic heterocycles. The highest BCUT2D eigenvalue weighted by Gasteiger charge is 2.22. The number of nitrogens with one attached hydrogen (secondary N) is 2. The molecule has 1 aliphatic rings.